The first-order chi connectivity index (χ1) is 16.1. The van der Waals surface area contributed by atoms with Crippen LogP contribution in [0.2, 0.25) is 0 Å². The van der Waals surface area contributed by atoms with Crippen LogP contribution in [0, 0.1) is 12.8 Å². The van der Waals surface area contributed by atoms with Crippen LogP contribution in [0.1, 0.15) is 53.9 Å². The number of hydrogen-bond donors (Lipinski definition) is 2. The fourth-order valence-electron chi connectivity index (χ4n) is 4.00. The normalized spacial score (nSPS) is 19.4. The van der Waals surface area contributed by atoms with Gasteiger partial charge in [-0.1, -0.05) is 0 Å². The van der Waals surface area contributed by atoms with Crippen molar-refractivity contribution in [1.82, 2.24) is 34.3 Å². The van der Waals surface area contributed by atoms with Crippen LogP contribution >= 0.6 is 0 Å². The molecule has 2 aliphatic rings. The average molecular weight is 441 g/mol. The van der Waals surface area contributed by atoms with Crippen LogP contribution in [0.15, 0.2) is 43.2 Å². The molecular weight excluding hydrogens is 418 g/mol. The summed E-state index contributed by atoms with van der Waals surface area (Å²) in [5.74, 6) is 2.98. The summed E-state index contributed by atoms with van der Waals surface area (Å²) < 4.78 is 1.97. The Hall–Kier alpha value is -3.95. The van der Waals surface area contributed by atoms with E-state index in [1.54, 1.807) is 12.3 Å². The first-order valence-corrected chi connectivity index (χ1v) is 11.1. The third-order valence-corrected chi connectivity index (χ3v) is 6.07. The van der Waals surface area contributed by atoms with E-state index in [1.807, 2.05) is 29.8 Å². The average Bonchev–Trinajstić information content (AvgIpc) is 3.74. The summed E-state index contributed by atoms with van der Waals surface area (Å²) in [6.45, 7) is 2.41. The molecule has 4 aromatic heterocycles. The lowest BCUT2D eigenvalue weighted by molar-refractivity contribution is -0.117. The van der Waals surface area contributed by atoms with Gasteiger partial charge in [-0.05, 0) is 43.7 Å². The maximum Gasteiger partial charge on any atom is 0.233 e. The summed E-state index contributed by atoms with van der Waals surface area (Å²) in [6.07, 6.45) is 12.4. The smallest absolute Gasteiger partial charge is 0.233 e. The highest BCUT2D eigenvalue weighted by atomic mass is 16.2. The Bertz CT molecular complexity index is 1350. The lowest BCUT2D eigenvalue weighted by atomic mass is 10.2. The maximum absolute atomic E-state index is 12.6. The topological polar surface area (TPSA) is 123 Å². The number of nitrogens with one attached hydrogen (secondary N) is 2. The number of hydrogen-bond acceptors (Lipinski definition) is 8. The van der Waals surface area contributed by atoms with Gasteiger partial charge >= 0.3 is 0 Å². The van der Waals surface area contributed by atoms with Crippen molar-refractivity contribution >= 4 is 23.3 Å². The molecule has 2 atom stereocenters. The zero-order valence-electron chi connectivity index (χ0n) is 18.1. The van der Waals surface area contributed by atoms with Gasteiger partial charge in [0.25, 0.3) is 0 Å². The van der Waals surface area contributed by atoms with E-state index < -0.39 is 0 Å². The van der Waals surface area contributed by atoms with Crippen molar-refractivity contribution < 1.29 is 4.79 Å². The van der Waals surface area contributed by atoms with Gasteiger partial charge in [-0.15, -0.1) is 0 Å². The maximum atomic E-state index is 12.6. The molecule has 0 unspecified atom stereocenters. The van der Waals surface area contributed by atoms with Crippen LogP contribution in [-0.2, 0) is 11.3 Å². The van der Waals surface area contributed by atoms with Crippen molar-refractivity contribution in [1.29, 1.82) is 0 Å². The van der Waals surface area contributed by atoms with E-state index in [1.165, 1.54) is 24.7 Å². The van der Waals surface area contributed by atoms with Gasteiger partial charge in [0, 0.05) is 48.4 Å². The first kappa shape index (κ1) is 19.7. The van der Waals surface area contributed by atoms with Gasteiger partial charge < -0.3 is 10.6 Å². The van der Waals surface area contributed by atoms with Crippen molar-refractivity contribution in [3.8, 4) is 0 Å². The number of carbonyl (C=O) groups excluding carboxylic acids is 1. The summed E-state index contributed by atoms with van der Waals surface area (Å²) in [6, 6.07) is 3.57. The monoisotopic (exact) mass is 441 g/mol. The molecule has 0 saturated heterocycles. The Kier molecular flexibility index (Phi) is 4.70. The number of rotatable bonds is 7. The predicted octanol–water partition coefficient (Wildman–Crippen LogP) is 2.85. The van der Waals surface area contributed by atoms with Crippen molar-refractivity contribution in [2.45, 2.75) is 44.6 Å². The third-order valence-electron chi connectivity index (χ3n) is 6.07. The van der Waals surface area contributed by atoms with E-state index in [0.29, 0.717) is 29.9 Å². The largest absolute Gasteiger partial charge is 0.364 e. The van der Waals surface area contributed by atoms with Gasteiger partial charge in [-0.25, -0.2) is 29.9 Å². The second-order valence-electron chi connectivity index (χ2n) is 8.74. The summed E-state index contributed by atoms with van der Waals surface area (Å²) in [5.41, 5.74) is 3.03. The Morgan fingerprint density at radius 1 is 1.12 bits per heavy atom. The molecule has 2 saturated carbocycles. The zero-order chi connectivity index (χ0) is 22.4. The van der Waals surface area contributed by atoms with Gasteiger partial charge in [0.2, 0.25) is 11.7 Å². The number of aryl methyl sites for hydroxylation is 1. The molecule has 0 bridgehead atoms. The molecule has 2 N–H and O–H groups in total. The van der Waals surface area contributed by atoms with Crippen LogP contribution in [-0.4, -0.2) is 40.2 Å². The number of imidazole rings is 1. The van der Waals surface area contributed by atoms with Crippen LogP contribution in [0.3, 0.4) is 0 Å². The quantitative estimate of drug-likeness (QED) is 0.449. The van der Waals surface area contributed by atoms with Gasteiger partial charge in [0.15, 0.2) is 0 Å². The molecule has 6 rings (SSSR count). The molecule has 10 heteroatoms. The highest BCUT2D eigenvalue weighted by molar-refractivity contribution is 5.94. The number of carbonyl (C=O) groups is 1. The minimum atomic E-state index is -0.135. The van der Waals surface area contributed by atoms with Crippen LogP contribution in [0.25, 0.3) is 5.78 Å². The van der Waals surface area contributed by atoms with Gasteiger partial charge in [0.05, 0.1) is 12.2 Å². The van der Waals surface area contributed by atoms with Crippen LogP contribution in [0.4, 0.5) is 11.6 Å². The van der Waals surface area contributed by atoms with Crippen molar-refractivity contribution in [2.75, 3.05) is 10.6 Å². The zero-order valence-corrected chi connectivity index (χ0v) is 18.1. The molecule has 10 nitrogen and oxygen atoms in total. The van der Waals surface area contributed by atoms with Gasteiger partial charge in [-0.3, -0.25) is 9.20 Å². The Morgan fingerprint density at radius 3 is 2.85 bits per heavy atom. The van der Waals surface area contributed by atoms with Crippen molar-refractivity contribution in [3.63, 3.8) is 0 Å². The van der Waals surface area contributed by atoms with E-state index >= 15 is 0 Å². The predicted molar refractivity (Wildman–Crippen MR) is 121 cm³/mol. The molecule has 166 valence electrons. The molecule has 0 radical (unpaired) electrons. The molecular formula is C23H23N9O. The number of fused-ring (bicyclic) bond motifs is 1. The van der Waals surface area contributed by atoms with E-state index in [-0.39, 0.29) is 17.7 Å². The lowest BCUT2D eigenvalue weighted by Crippen LogP contribution is -2.16. The minimum absolute atomic E-state index is 0.0634. The van der Waals surface area contributed by atoms with E-state index in [2.05, 4.69) is 46.7 Å². The van der Waals surface area contributed by atoms with Crippen molar-refractivity contribution in [3.05, 3.63) is 66.0 Å². The van der Waals surface area contributed by atoms with E-state index in [0.717, 1.165) is 23.6 Å². The van der Waals surface area contributed by atoms with Gasteiger partial charge in [0.1, 0.15) is 23.8 Å². The Balaban J connectivity index is 1.08. The first-order valence-electron chi connectivity index (χ1n) is 11.1. The van der Waals surface area contributed by atoms with E-state index in [9.17, 15) is 4.79 Å². The summed E-state index contributed by atoms with van der Waals surface area (Å²) in [5, 5.41) is 6.13. The van der Waals surface area contributed by atoms with Crippen LogP contribution in [0.5, 0.6) is 0 Å². The minimum Gasteiger partial charge on any atom is -0.364 e. The second-order valence-corrected chi connectivity index (χ2v) is 8.74. The SMILES string of the molecule is Cc1ccnc([C@H]2C[C@@H]2C(=O)Nc2cc(NCc3cn4cc(C5CC5)cnc4n3)ncn2)n1. The standard InChI is InChI=1S/C23H23N9O/c1-13-4-5-24-21(29-13)17-6-18(17)22(33)31-20-7-19(27-12-28-20)25-9-16-11-32-10-15(14-2-3-14)8-26-23(32)30-16/h4-5,7-8,10-12,14,17-18H,2-3,6,9H2,1H3,(H2,25,27,28,31,33)/t17-,18-/m0/s1. The Morgan fingerprint density at radius 2 is 2.00 bits per heavy atom. The number of nitrogens with zero attached hydrogens (tertiary/aromatic N) is 7. The molecule has 2 fully saturated rings. The fourth-order valence-corrected chi connectivity index (χ4v) is 4.00. The fraction of sp³-hybridized carbons (Fsp3) is 0.348. The number of aromatic nitrogens is 7. The summed E-state index contributed by atoms with van der Waals surface area (Å²) in [7, 11) is 0. The Labute approximate surface area is 190 Å². The molecule has 1 amide bonds. The van der Waals surface area contributed by atoms with Crippen LogP contribution < -0.4 is 10.6 Å². The number of anilines is 2. The summed E-state index contributed by atoms with van der Waals surface area (Å²) >= 11 is 0. The molecule has 4 aromatic rings. The summed E-state index contributed by atoms with van der Waals surface area (Å²) in [4.78, 5) is 38.8. The van der Waals surface area contributed by atoms with Crippen molar-refractivity contribution in [2.24, 2.45) is 5.92 Å². The second kappa shape index (κ2) is 7.88. The molecule has 0 aliphatic heterocycles. The van der Waals surface area contributed by atoms with Gasteiger partial charge in [-0.2, -0.15) is 0 Å². The molecule has 4 heterocycles. The lowest BCUT2D eigenvalue weighted by Gasteiger charge is -2.07. The number of amides is 1. The highest BCUT2D eigenvalue weighted by Gasteiger charge is 2.46. The molecule has 2 aliphatic carbocycles. The van der Waals surface area contributed by atoms with E-state index in [4.69, 9.17) is 0 Å². The molecule has 0 spiro atoms. The third kappa shape index (κ3) is 4.23. The highest BCUT2D eigenvalue weighted by Crippen LogP contribution is 2.46. The molecule has 33 heavy (non-hydrogen) atoms. The molecule has 0 aromatic carbocycles.